The maximum atomic E-state index is 8.40. The third kappa shape index (κ3) is 1.48. The van der Waals surface area contributed by atoms with Gasteiger partial charge in [-0.2, -0.15) is 5.26 Å². The summed E-state index contributed by atoms with van der Waals surface area (Å²) < 4.78 is 0. The quantitative estimate of drug-likeness (QED) is 0.472. The van der Waals surface area contributed by atoms with Crippen LogP contribution in [0.15, 0.2) is 23.8 Å². The van der Waals surface area contributed by atoms with E-state index in [0.29, 0.717) is 6.42 Å². The van der Waals surface area contributed by atoms with Crippen molar-refractivity contribution in [2.45, 2.75) is 6.42 Å². The van der Waals surface area contributed by atoms with E-state index >= 15 is 0 Å². The van der Waals surface area contributed by atoms with E-state index < -0.39 is 0 Å². The second-order valence-electron chi connectivity index (χ2n) is 1.81. The van der Waals surface area contributed by atoms with Gasteiger partial charge < -0.3 is 0 Å². The molecule has 0 unspecified atom stereocenters. The maximum absolute atomic E-state index is 8.40. The first kappa shape index (κ1) is 6.18. The predicted octanol–water partition coefficient (Wildman–Crippen LogP) is 1.77. The van der Waals surface area contributed by atoms with Gasteiger partial charge in [0.25, 0.3) is 0 Å². The number of thiocarbonyl (C=S) groups is 1. The molecular weight excluding hydrogens is 130 g/mol. The molecule has 1 aliphatic rings. The van der Waals surface area contributed by atoms with Crippen LogP contribution in [0.2, 0.25) is 0 Å². The highest BCUT2D eigenvalue weighted by Gasteiger charge is 2.00. The average Bonchev–Trinajstić information content (AvgIpc) is 1.88. The molecule has 0 atom stereocenters. The van der Waals surface area contributed by atoms with Crippen LogP contribution in [0.25, 0.3) is 0 Å². The Balaban J connectivity index is 2.80. The number of rotatable bonds is 0. The molecule has 0 radical (unpaired) electrons. The lowest BCUT2D eigenvalue weighted by Gasteiger charge is -1.98. The minimum Gasteiger partial charge on any atom is -0.193 e. The lowest BCUT2D eigenvalue weighted by Crippen LogP contribution is -1.94. The normalized spacial score (nSPS) is 16.8. The molecular formula is C7H5NS. The van der Waals surface area contributed by atoms with E-state index in [-0.39, 0.29) is 0 Å². The number of nitrogens with zero attached hydrogens (tertiary/aromatic N) is 1. The largest absolute Gasteiger partial charge is 0.193 e. The Morgan fingerprint density at radius 3 is 2.89 bits per heavy atom. The average molecular weight is 135 g/mol. The predicted molar refractivity (Wildman–Crippen MR) is 40.1 cm³/mol. The molecule has 0 aromatic heterocycles. The standard InChI is InChI=1S/C7H5NS/c8-5-6-2-1-3-7(9)4-6/h1-3H,4H2. The monoisotopic (exact) mass is 135 g/mol. The Morgan fingerprint density at radius 1 is 1.67 bits per heavy atom. The van der Waals surface area contributed by atoms with Gasteiger partial charge in [-0.3, -0.25) is 0 Å². The lowest BCUT2D eigenvalue weighted by molar-refractivity contribution is 1.35. The Morgan fingerprint density at radius 2 is 2.44 bits per heavy atom. The molecule has 0 spiro atoms. The summed E-state index contributed by atoms with van der Waals surface area (Å²) in [4.78, 5) is 0.842. The molecule has 1 nitrogen and oxygen atoms in total. The second kappa shape index (κ2) is 2.56. The molecule has 0 N–H and O–H groups in total. The highest BCUT2D eigenvalue weighted by Crippen LogP contribution is 2.07. The smallest absolute Gasteiger partial charge is 0.0950 e. The summed E-state index contributed by atoms with van der Waals surface area (Å²) in [5.74, 6) is 0. The van der Waals surface area contributed by atoms with Crippen LogP contribution in [0, 0.1) is 11.3 Å². The van der Waals surface area contributed by atoms with Gasteiger partial charge in [0.05, 0.1) is 6.07 Å². The van der Waals surface area contributed by atoms with Gasteiger partial charge in [0, 0.05) is 16.9 Å². The fourth-order valence-electron chi connectivity index (χ4n) is 0.654. The van der Waals surface area contributed by atoms with Crippen molar-refractivity contribution in [2.75, 3.05) is 0 Å². The SMILES string of the molecule is N#CC1=CC=CC(=S)C1. The summed E-state index contributed by atoms with van der Waals surface area (Å²) in [7, 11) is 0. The van der Waals surface area contributed by atoms with Gasteiger partial charge >= 0.3 is 0 Å². The number of nitriles is 1. The van der Waals surface area contributed by atoms with Gasteiger partial charge in [0.2, 0.25) is 0 Å². The van der Waals surface area contributed by atoms with E-state index in [1.807, 2.05) is 12.2 Å². The van der Waals surface area contributed by atoms with Crippen molar-refractivity contribution in [1.82, 2.24) is 0 Å². The van der Waals surface area contributed by atoms with E-state index in [4.69, 9.17) is 17.5 Å². The third-order valence-electron chi connectivity index (χ3n) is 1.09. The molecule has 0 saturated carbocycles. The minimum atomic E-state index is 0.641. The summed E-state index contributed by atoms with van der Waals surface area (Å²) in [6.07, 6.45) is 6.08. The van der Waals surface area contributed by atoms with Crippen LogP contribution < -0.4 is 0 Å². The van der Waals surface area contributed by atoms with Crippen molar-refractivity contribution in [1.29, 1.82) is 5.26 Å². The van der Waals surface area contributed by atoms with E-state index in [2.05, 4.69) is 6.07 Å². The highest BCUT2D eigenvalue weighted by atomic mass is 32.1. The molecule has 9 heavy (non-hydrogen) atoms. The molecule has 44 valence electrons. The van der Waals surface area contributed by atoms with Crippen LogP contribution in [0.5, 0.6) is 0 Å². The van der Waals surface area contributed by atoms with Crippen molar-refractivity contribution in [3.63, 3.8) is 0 Å². The first-order chi connectivity index (χ1) is 4.33. The molecule has 0 aromatic carbocycles. The third-order valence-corrected chi connectivity index (χ3v) is 1.37. The van der Waals surface area contributed by atoms with Gasteiger partial charge in [-0.15, -0.1) is 0 Å². The zero-order valence-electron chi connectivity index (χ0n) is 4.79. The summed E-state index contributed by atoms with van der Waals surface area (Å²) in [5, 5.41) is 8.40. The van der Waals surface area contributed by atoms with Crippen LogP contribution in [0.3, 0.4) is 0 Å². The molecule has 1 rings (SSSR count). The van der Waals surface area contributed by atoms with Crippen molar-refractivity contribution in [3.05, 3.63) is 23.8 Å². The number of hydrogen-bond acceptors (Lipinski definition) is 2. The van der Waals surface area contributed by atoms with Crippen molar-refractivity contribution in [2.24, 2.45) is 0 Å². The Bertz CT molecular complexity index is 230. The highest BCUT2D eigenvalue weighted by molar-refractivity contribution is 7.80. The van der Waals surface area contributed by atoms with Crippen LogP contribution >= 0.6 is 12.2 Å². The van der Waals surface area contributed by atoms with E-state index in [0.717, 1.165) is 10.4 Å². The molecule has 0 aromatic rings. The molecule has 1 aliphatic carbocycles. The topological polar surface area (TPSA) is 23.8 Å². The van der Waals surface area contributed by atoms with Crippen molar-refractivity contribution >= 4 is 17.1 Å². The molecule has 0 bridgehead atoms. The fraction of sp³-hybridized carbons (Fsp3) is 0.143. The molecule has 0 heterocycles. The van der Waals surface area contributed by atoms with Crippen molar-refractivity contribution in [3.8, 4) is 6.07 Å². The van der Waals surface area contributed by atoms with Gasteiger partial charge in [-0.1, -0.05) is 18.3 Å². The summed E-state index contributed by atoms with van der Waals surface area (Å²) in [6.45, 7) is 0. The molecule has 0 saturated heterocycles. The summed E-state index contributed by atoms with van der Waals surface area (Å²) in [6, 6.07) is 2.06. The molecule has 2 heteroatoms. The number of allylic oxidation sites excluding steroid dienone is 4. The summed E-state index contributed by atoms with van der Waals surface area (Å²) >= 11 is 4.87. The minimum absolute atomic E-state index is 0.641. The Kier molecular flexibility index (Phi) is 1.76. The van der Waals surface area contributed by atoms with Gasteiger partial charge in [0.15, 0.2) is 0 Å². The first-order valence-electron chi connectivity index (χ1n) is 2.63. The summed E-state index contributed by atoms with van der Waals surface area (Å²) in [5.41, 5.74) is 0.752. The van der Waals surface area contributed by atoms with E-state index in [1.54, 1.807) is 6.08 Å². The van der Waals surface area contributed by atoms with Crippen LogP contribution in [-0.2, 0) is 0 Å². The van der Waals surface area contributed by atoms with Gasteiger partial charge in [0.1, 0.15) is 0 Å². The second-order valence-corrected chi connectivity index (χ2v) is 2.33. The zero-order chi connectivity index (χ0) is 6.69. The lowest BCUT2D eigenvalue weighted by atomic mass is 10.1. The Hall–Kier alpha value is -0.940. The first-order valence-corrected chi connectivity index (χ1v) is 3.04. The Labute approximate surface area is 59.3 Å². The van der Waals surface area contributed by atoms with Crippen LogP contribution in [-0.4, -0.2) is 4.86 Å². The molecule has 0 fully saturated rings. The van der Waals surface area contributed by atoms with Gasteiger partial charge in [-0.25, -0.2) is 0 Å². The number of hydrogen-bond donors (Lipinski definition) is 0. The molecule has 0 aliphatic heterocycles. The van der Waals surface area contributed by atoms with Crippen LogP contribution in [0.1, 0.15) is 6.42 Å². The maximum Gasteiger partial charge on any atom is 0.0950 e. The van der Waals surface area contributed by atoms with Crippen molar-refractivity contribution < 1.29 is 0 Å². The zero-order valence-corrected chi connectivity index (χ0v) is 5.61. The fourth-order valence-corrected chi connectivity index (χ4v) is 0.888. The van der Waals surface area contributed by atoms with Gasteiger partial charge in [-0.05, 0) is 12.2 Å². The van der Waals surface area contributed by atoms with Crippen LogP contribution in [0.4, 0.5) is 0 Å². The van der Waals surface area contributed by atoms with E-state index in [1.165, 1.54) is 0 Å². The molecule has 0 amide bonds. The van der Waals surface area contributed by atoms with E-state index in [9.17, 15) is 0 Å².